The molecule has 276 valence electrons. The number of aromatic nitrogens is 4. The van der Waals surface area contributed by atoms with Crippen molar-refractivity contribution in [2.75, 3.05) is 0 Å². The molecule has 2 heterocycles. The van der Waals surface area contributed by atoms with Gasteiger partial charge in [0.05, 0.1) is 16.4 Å². The summed E-state index contributed by atoms with van der Waals surface area (Å²) in [6, 6.07) is 62.6. The number of allylic oxidation sites excluding steroid dienone is 5. The summed E-state index contributed by atoms with van der Waals surface area (Å²) in [6.45, 7) is 6.31. The predicted octanol–water partition coefficient (Wildman–Crippen LogP) is 12.8. The molecule has 1 atom stereocenters. The highest BCUT2D eigenvalue weighted by molar-refractivity contribution is 6.17. The van der Waals surface area contributed by atoms with Gasteiger partial charge < -0.3 is 4.57 Å². The summed E-state index contributed by atoms with van der Waals surface area (Å²) in [5.74, 6) is 2.00. The van der Waals surface area contributed by atoms with E-state index in [4.69, 9.17) is 15.0 Å². The highest BCUT2D eigenvalue weighted by atomic mass is 15.0. The van der Waals surface area contributed by atoms with E-state index in [1.54, 1.807) is 0 Å². The zero-order chi connectivity index (χ0) is 39.1. The molecule has 58 heavy (non-hydrogen) atoms. The average molecular weight is 745 g/mol. The smallest absolute Gasteiger partial charge is 0.163 e. The summed E-state index contributed by atoms with van der Waals surface area (Å²) in [5, 5.41) is 2.40. The van der Waals surface area contributed by atoms with Gasteiger partial charge in [-0.15, -0.1) is 0 Å². The third kappa shape index (κ3) is 5.64. The Morgan fingerprint density at radius 3 is 1.88 bits per heavy atom. The number of rotatable bonds is 9. The number of fused-ring (bicyclic) bond motifs is 7. The molecule has 10 rings (SSSR count). The lowest BCUT2D eigenvalue weighted by Crippen LogP contribution is -2.29. The van der Waals surface area contributed by atoms with Gasteiger partial charge in [-0.05, 0) is 52.4 Å². The molecule has 4 heteroatoms. The summed E-state index contributed by atoms with van der Waals surface area (Å²) in [6.07, 6.45) is 8.74. The topological polar surface area (TPSA) is 43.6 Å². The van der Waals surface area contributed by atoms with E-state index in [9.17, 15) is 0 Å². The maximum atomic E-state index is 5.05. The molecule has 2 aromatic heterocycles. The molecule has 1 unspecified atom stereocenters. The molecule has 4 nitrogen and oxygen atoms in total. The summed E-state index contributed by atoms with van der Waals surface area (Å²) in [4.78, 5) is 15.0. The normalized spacial score (nSPS) is 14.9. The molecule has 0 amide bonds. The lowest BCUT2D eigenvalue weighted by atomic mass is 9.66. The lowest BCUT2D eigenvalue weighted by Gasteiger charge is -2.35. The molecule has 0 saturated heterocycles. The van der Waals surface area contributed by atoms with Crippen molar-refractivity contribution in [3.63, 3.8) is 0 Å². The van der Waals surface area contributed by atoms with Gasteiger partial charge in [-0.2, -0.15) is 0 Å². The second kappa shape index (κ2) is 14.6. The van der Waals surface area contributed by atoms with Crippen LogP contribution in [-0.4, -0.2) is 19.5 Å². The highest BCUT2D eigenvalue weighted by Crippen LogP contribution is 2.59. The molecule has 1 aliphatic carbocycles. The van der Waals surface area contributed by atoms with Gasteiger partial charge in [-0.1, -0.05) is 195 Å². The summed E-state index contributed by atoms with van der Waals surface area (Å²) < 4.78 is 2.44. The van der Waals surface area contributed by atoms with Crippen molar-refractivity contribution in [3.05, 3.63) is 240 Å². The molecule has 0 bridgehead atoms. The minimum atomic E-state index is -0.526. The monoisotopic (exact) mass is 744 g/mol. The number of aryl methyl sites for hydroxylation is 1. The van der Waals surface area contributed by atoms with E-state index < -0.39 is 5.41 Å². The molecule has 9 aromatic rings. The highest BCUT2D eigenvalue weighted by Gasteiger charge is 2.47. The minimum Gasteiger partial charge on any atom is -0.309 e. The van der Waals surface area contributed by atoms with Gasteiger partial charge in [0.15, 0.2) is 11.6 Å². The standard InChI is InChI=1S/C54H40N4/c1-3-4-27-41(33-36-49-55-52(38-21-8-5-9-22-38)57-53(56-49)39-23-10-6-11-24-39)58-48-32-19-16-28-42(48)43-34-35-47-50(51(43)58)44-29-15-18-31-46(44)54(47,40-25-12-7-13-26-40)45-30-17-14-20-37(45)2/h3-35H,1,36H2,2H3/b27-4-,41-33+. The lowest BCUT2D eigenvalue weighted by molar-refractivity contribution is 0.761. The van der Waals surface area contributed by atoms with Crippen LogP contribution in [0.1, 0.15) is 33.6 Å². The minimum absolute atomic E-state index is 0.482. The van der Waals surface area contributed by atoms with Gasteiger partial charge >= 0.3 is 0 Å². The number of para-hydroxylation sites is 1. The van der Waals surface area contributed by atoms with Crippen molar-refractivity contribution in [2.24, 2.45) is 0 Å². The Morgan fingerprint density at radius 1 is 0.586 bits per heavy atom. The van der Waals surface area contributed by atoms with Crippen LogP contribution in [-0.2, 0) is 11.8 Å². The first-order valence-electron chi connectivity index (χ1n) is 19.8. The second-order valence-corrected chi connectivity index (χ2v) is 14.8. The molecule has 7 aromatic carbocycles. The quantitative estimate of drug-likeness (QED) is 0.138. The number of nitrogens with zero attached hydrogens (tertiary/aromatic N) is 4. The van der Waals surface area contributed by atoms with Crippen molar-refractivity contribution in [3.8, 4) is 33.9 Å². The molecule has 0 spiro atoms. The number of benzene rings is 7. The zero-order valence-electron chi connectivity index (χ0n) is 32.3. The first-order valence-corrected chi connectivity index (χ1v) is 19.8. The molecule has 0 radical (unpaired) electrons. The first kappa shape index (κ1) is 35.0. The first-order chi connectivity index (χ1) is 28.7. The van der Waals surface area contributed by atoms with Crippen LogP contribution in [0.15, 0.2) is 207 Å². The van der Waals surface area contributed by atoms with Gasteiger partial charge in [0, 0.05) is 39.6 Å². The Labute approximate surface area is 338 Å². The van der Waals surface area contributed by atoms with E-state index in [0.29, 0.717) is 23.9 Å². The van der Waals surface area contributed by atoms with Crippen molar-refractivity contribution < 1.29 is 0 Å². The maximum Gasteiger partial charge on any atom is 0.163 e. The van der Waals surface area contributed by atoms with Crippen molar-refractivity contribution in [2.45, 2.75) is 18.8 Å². The summed E-state index contributed by atoms with van der Waals surface area (Å²) in [5.41, 5.74) is 13.5. The predicted molar refractivity (Wildman–Crippen MR) is 239 cm³/mol. The third-order valence-electron chi connectivity index (χ3n) is 11.5. The third-order valence-corrected chi connectivity index (χ3v) is 11.5. The van der Waals surface area contributed by atoms with E-state index >= 15 is 0 Å². The molecule has 0 aliphatic heterocycles. The van der Waals surface area contributed by atoms with Crippen molar-refractivity contribution in [1.29, 1.82) is 0 Å². The molecular formula is C54H40N4. The van der Waals surface area contributed by atoms with E-state index in [1.165, 1.54) is 55.2 Å². The number of hydrogen-bond acceptors (Lipinski definition) is 3. The largest absolute Gasteiger partial charge is 0.309 e. The Bertz CT molecular complexity index is 2990. The van der Waals surface area contributed by atoms with Crippen molar-refractivity contribution in [1.82, 2.24) is 19.5 Å². The SMILES string of the molecule is C=C/C=C\C(=C/Cc1nc(-c2ccccc2)nc(-c2ccccc2)n1)n1c2ccccc2c2ccc3c(c21)-c1ccccc1C3(c1ccccc1)c1ccccc1C. The molecule has 1 aliphatic rings. The molecule has 0 N–H and O–H groups in total. The zero-order valence-corrected chi connectivity index (χ0v) is 32.3. The van der Waals surface area contributed by atoms with Crippen LogP contribution in [0.2, 0.25) is 0 Å². The van der Waals surface area contributed by atoms with E-state index in [-0.39, 0.29) is 0 Å². The second-order valence-electron chi connectivity index (χ2n) is 14.8. The van der Waals surface area contributed by atoms with Gasteiger partial charge in [-0.25, -0.2) is 15.0 Å². The van der Waals surface area contributed by atoms with Crippen molar-refractivity contribution >= 4 is 27.5 Å². The van der Waals surface area contributed by atoms with Gasteiger partial charge in [0.25, 0.3) is 0 Å². The fraction of sp³-hybridized carbons (Fsp3) is 0.0556. The number of hydrogen-bond donors (Lipinski definition) is 0. The van der Waals surface area contributed by atoms with Gasteiger partial charge in [0.1, 0.15) is 5.82 Å². The summed E-state index contributed by atoms with van der Waals surface area (Å²) in [7, 11) is 0. The fourth-order valence-corrected chi connectivity index (χ4v) is 9.06. The van der Waals surface area contributed by atoms with Crippen LogP contribution < -0.4 is 0 Å². The molecular weight excluding hydrogens is 705 g/mol. The summed E-state index contributed by atoms with van der Waals surface area (Å²) >= 11 is 0. The van der Waals surface area contributed by atoms with E-state index in [1.807, 2.05) is 72.8 Å². The fourth-order valence-electron chi connectivity index (χ4n) is 9.06. The van der Waals surface area contributed by atoms with Crippen LogP contribution in [0.3, 0.4) is 0 Å². The Balaban J connectivity index is 1.25. The molecule has 0 saturated carbocycles. The molecule has 0 fully saturated rings. The van der Waals surface area contributed by atoms with Crippen LogP contribution >= 0.6 is 0 Å². The Morgan fingerprint density at radius 2 is 1.19 bits per heavy atom. The van der Waals surface area contributed by atoms with Crippen LogP contribution in [0.5, 0.6) is 0 Å². The Hall–Kier alpha value is -7.43. The van der Waals surface area contributed by atoms with Crippen LogP contribution in [0.25, 0.3) is 61.4 Å². The Kier molecular flexibility index (Phi) is 8.80. The van der Waals surface area contributed by atoms with Crippen LogP contribution in [0.4, 0.5) is 0 Å². The van der Waals surface area contributed by atoms with Gasteiger partial charge in [0.2, 0.25) is 0 Å². The van der Waals surface area contributed by atoms with Crippen LogP contribution in [0, 0.1) is 6.92 Å². The average Bonchev–Trinajstić information content (AvgIpc) is 3.78. The van der Waals surface area contributed by atoms with Gasteiger partial charge in [-0.3, -0.25) is 0 Å². The van der Waals surface area contributed by atoms with E-state index in [0.717, 1.165) is 22.3 Å². The van der Waals surface area contributed by atoms with E-state index in [2.05, 4.69) is 145 Å². The maximum absolute atomic E-state index is 5.05.